The largest absolute Gasteiger partial charge is 0.348 e. The van der Waals surface area contributed by atoms with Crippen LogP contribution in [0.2, 0.25) is 0 Å². The number of hydrogen-bond donors (Lipinski definition) is 1. The van der Waals surface area contributed by atoms with E-state index >= 15 is 0 Å². The van der Waals surface area contributed by atoms with E-state index in [1.54, 1.807) is 0 Å². The first-order valence-corrected chi connectivity index (χ1v) is 6.09. The van der Waals surface area contributed by atoms with E-state index in [1.165, 1.54) is 12.3 Å². The number of aromatic nitrogens is 1. The van der Waals surface area contributed by atoms with E-state index in [4.69, 9.17) is 0 Å². The average molecular weight is 309 g/mol. The SMILES string of the molecule is O=C(NCc1ccccc1Br)c1ccnc(F)c1. The van der Waals surface area contributed by atoms with Gasteiger partial charge in [-0.15, -0.1) is 0 Å². The molecule has 0 bridgehead atoms. The van der Waals surface area contributed by atoms with E-state index < -0.39 is 5.95 Å². The molecule has 1 aromatic carbocycles. The standard InChI is InChI=1S/C13H10BrFN2O/c14-11-4-2-1-3-10(11)8-17-13(18)9-5-6-16-12(15)7-9/h1-7H,8H2,(H,17,18). The van der Waals surface area contributed by atoms with Crippen LogP contribution in [-0.2, 0) is 6.54 Å². The highest BCUT2D eigenvalue weighted by atomic mass is 79.9. The number of rotatable bonds is 3. The van der Waals surface area contributed by atoms with Crippen LogP contribution < -0.4 is 5.32 Å². The fourth-order valence-corrected chi connectivity index (χ4v) is 1.89. The third-order valence-electron chi connectivity index (χ3n) is 2.39. The number of benzene rings is 1. The van der Waals surface area contributed by atoms with Gasteiger partial charge in [-0.1, -0.05) is 34.1 Å². The van der Waals surface area contributed by atoms with Crippen LogP contribution in [0, 0.1) is 5.95 Å². The molecule has 1 N–H and O–H groups in total. The molecule has 1 heterocycles. The molecule has 0 saturated heterocycles. The van der Waals surface area contributed by atoms with Crippen LogP contribution in [0.5, 0.6) is 0 Å². The van der Waals surface area contributed by atoms with Crippen LogP contribution in [0.1, 0.15) is 15.9 Å². The van der Waals surface area contributed by atoms with Gasteiger partial charge in [-0.2, -0.15) is 4.39 Å². The average Bonchev–Trinajstić information content (AvgIpc) is 2.37. The highest BCUT2D eigenvalue weighted by Crippen LogP contribution is 2.15. The molecule has 1 amide bonds. The lowest BCUT2D eigenvalue weighted by Gasteiger charge is -2.06. The number of carbonyl (C=O) groups excluding carboxylic acids is 1. The second-order valence-corrected chi connectivity index (χ2v) is 4.50. The Morgan fingerprint density at radius 1 is 1.33 bits per heavy atom. The predicted octanol–water partition coefficient (Wildman–Crippen LogP) is 2.91. The van der Waals surface area contributed by atoms with Gasteiger partial charge in [0.15, 0.2) is 0 Å². The monoisotopic (exact) mass is 308 g/mol. The Kier molecular flexibility index (Phi) is 4.04. The molecule has 0 saturated carbocycles. The summed E-state index contributed by atoms with van der Waals surface area (Å²) in [4.78, 5) is 15.2. The predicted molar refractivity (Wildman–Crippen MR) is 69.5 cm³/mol. The van der Waals surface area contributed by atoms with Gasteiger partial charge in [0.1, 0.15) is 0 Å². The Labute approximate surface area is 112 Å². The first-order valence-electron chi connectivity index (χ1n) is 5.30. The molecule has 18 heavy (non-hydrogen) atoms. The van der Waals surface area contributed by atoms with E-state index in [0.717, 1.165) is 16.1 Å². The number of nitrogens with zero attached hydrogens (tertiary/aromatic N) is 1. The molecule has 0 spiro atoms. The summed E-state index contributed by atoms with van der Waals surface area (Å²) in [6.45, 7) is 0.379. The van der Waals surface area contributed by atoms with Crippen molar-refractivity contribution in [2.75, 3.05) is 0 Å². The fourth-order valence-electron chi connectivity index (χ4n) is 1.46. The fraction of sp³-hybridized carbons (Fsp3) is 0.0769. The van der Waals surface area contributed by atoms with Crippen molar-refractivity contribution in [1.29, 1.82) is 0 Å². The van der Waals surface area contributed by atoms with E-state index in [9.17, 15) is 9.18 Å². The lowest BCUT2D eigenvalue weighted by atomic mass is 10.2. The summed E-state index contributed by atoms with van der Waals surface area (Å²) in [6, 6.07) is 10.2. The normalized spacial score (nSPS) is 10.1. The minimum Gasteiger partial charge on any atom is -0.348 e. The van der Waals surface area contributed by atoms with Gasteiger partial charge in [0, 0.05) is 28.8 Å². The smallest absolute Gasteiger partial charge is 0.251 e. The number of hydrogen-bond acceptors (Lipinski definition) is 2. The molecule has 0 radical (unpaired) electrons. The minimum absolute atomic E-state index is 0.259. The van der Waals surface area contributed by atoms with Crippen molar-refractivity contribution in [2.24, 2.45) is 0 Å². The van der Waals surface area contributed by atoms with Gasteiger partial charge in [-0.05, 0) is 17.7 Å². The summed E-state index contributed by atoms with van der Waals surface area (Å²) in [5, 5.41) is 2.72. The maximum atomic E-state index is 12.9. The Morgan fingerprint density at radius 2 is 2.11 bits per heavy atom. The number of amides is 1. The van der Waals surface area contributed by atoms with Gasteiger partial charge in [-0.25, -0.2) is 4.98 Å². The third kappa shape index (κ3) is 3.13. The van der Waals surface area contributed by atoms with Gasteiger partial charge < -0.3 is 5.32 Å². The molecule has 0 aliphatic rings. The van der Waals surface area contributed by atoms with Gasteiger partial charge in [0.25, 0.3) is 5.91 Å². The summed E-state index contributed by atoms with van der Waals surface area (Å²) in [6.07, 6.45) is 1.27. The number of pyridine rings is 1. The first kappa shape index (κ1) is 12.7. The highest BCUT2D eigenvalue weighted by Gasteiger charge is 2.07. The molecule has 5 heteroatoms. The van der Waals surface area contributed by atoms with Crippen molar-refractivity contribution in [1.82, 2.24) is 10.3 Å². The van der Waals surface area contributed by atoms with Crippen molar-refractivity contribution >= 4 is 21.8 Å². The number of carbonyl (C=O) groups is 1. The zero-order chi connectivity index (χ0) is 13.0. The molecular formula is C13H10BrFN2O. The summed E-state index contributed by atoms with van der Waals surface area (Å²) < 4.78 is 13.8. The van der Waals surface area contributed by atoms with Gasteiger partial charge in [-0.3, -0.25) is 4.79 Å². The maximum Gasteiger partial charge on any atom is 0.251 e. The molecule has 0 atom stereocenters. The zero-order valence-corrected chi connectivity index (χ0v) is 10.9. The van der Waals surface area contributed by atoms with Crippen LogP contribution in [0.3, 0.4) is 0 Å². The van der Waals surface area contributed by atoms with Crippen molar-refractivity contribution in [3.63, 3.8) is 0 Å². The van der Waals surface area contributed by atoms with Crippen LogP contribution in [0.15, 0.2) is 47.1 Å². The van der Waals surface area contributed by atoms with Crippen LogP contribution in [0.25, 0.3) is 0 Å². The molecule has 1 aromatic heterocycles. The van der Waals surface area contributed by atoms with E-state index in [-0.39, 0.29) is 11.5 Å². The number of halogens is 2. The Balaban J connectivity index is 2.03. The van der Waals surface area contributed by atoms with E-state index in [2.05, 4.69) is 26.2 Å². The van der Waals surface area contributed by atoms with Crippen LogP contribution >= 0.6 is 15.9 Å². The van der Waals surface area contributed by atoms with Gasteiger partial charge in [0.2, 0.25) is 5.95 Å². The molecular weight excluding hydrogens is 299 g/mol. The molecule has 2 rings (SSSR count). The maximum absolute atomic E-state index is 12.9. The van der Waals surface area contributed by atoms with E-state index in [0.29, 0.717) is 6.54 Å². The second-order valence-electron chi connectivity index (χ2n) is 3.64. The first-order chi connectivity index (χ1) is 8.66. The van der Waals surface area contributed by atoms with Crippen molar-refractivity contribution in [3.05, 3.63) is 64.1 Å². The molecule has 0 fully saturated rings. The van der Waals surface area contributed by atoms with Gasteiger partial charge in [0.05, 0.1) is 0 Å². The Hall–Kier alpha value is -1.75. The molecule has 0 aliphatic heterocycles. The van der Waals surface area contributed by atoms with Gasteiger partial charge >= 0.3 is 0 Å². The quantitative estimate of drug-likeness (QED) is 0.886. The molecule has 3 nitrogen and oxygen atoms in total. The Bertz CT molecular complexity index is 574. The molecule has 2 aromatic rings. The van der Waals surface area contributed by atoms with Crippen molar-refractivity contribution < 1.29 is 9.18 Å². The summed E-state index contributed by atoms with van der Waals surface area (Å²) in [5.74, 6) is -0.990. The zero-order valence-electron chi connectivity index (χ0n) is 9.36. The summed E-state index contributed by atoms with van der Waals surface area (Å²) in [5.41, 5.74) is 1.22. The molecule has 92 valence electrons. The minimum atomic E-state index is -0.663. The van der Waals surface area contributed by atoms with Crippen molar-refractivity contribution in [3.8, 4) is 0 Å². The van der Waals surface area contributed by atoms with E-state index in [1.807, 2.05) is 24.3 Å². The molecule has 0 unspecified atom stereocenters. The summed E-state index contributed by atoms with van der Waals surface area (Å²) >= 11 is 3.39. The van der Waals surface area contributed by atoms with Crippen LogP contribution in [-0.4, -0.2) is 10.9 Å². The second kappa shape index (κ2) is 5.73. The topological polar surface area (TPSA) is 42.0 Å². The van der Waals surface area contributed by atoms with Crippen molar-refractivity contribution in [2.45, 2.75) is 6.54 Å². The third-order valence-corrected chi connectivity index (χ3v) is 3.16. The lowest BCUT2D eigenvalue weighted by molar-refractivity contribution is 0.0950. The summed E-state index contributed by atoms with van der Waals surface area (Å²) in [7, 11) is 0. The lowest BCUT2D eigenvalue weighted by Crippen LogP contribution is -2.23. The molecule has 0 aliphatic carbocycles. The van der Waals surface area contributed by atoms with Crippen LogP contribution in [0.4, 0.5) is 4.39 Å². The Morgan fingerprint density at radius 3 is 2.83 bits per heavy atom. The highest BCUT2D eigenvalue weighted by molar-refractivity contribution is 9.10. The number of nitrogens with one attached hydrogen (secondary N) is 1.